The van der Waals surface area contributed by atoms with Gasteiger partial charge in [0, 0.05) is 22.6 Å². The highest BCUT2D eigenvalue weighted by Gasteiger charge is 2.21. The number of nitrogens with two attached hydrogens (primary N) is 1. The molecule has 0 spiro atoms. The molecule has 0 saturated heterocycles. The van der Waals surface area contributed by atoms with E-state index in [1.165, 1.54) is 7.11 Å². The monoisotopic (exact) mass is 325 g/mol. The summed E-state index contributed by atoms with van der Waals surface area (Å²) in [5.74, 6) is 0.982. The van der Waals surface area contributed by atoms with Gasteiger partial charge >= 0.3 is 0 Å². The van der Waals surface area contributed by atoms with Crippen LogP contribution >= 0.6 is 15.9 Å². The molecular weight excluding hydrogens is 310 g/mol. The number of halogens is 1. The molecule has 1 heterocycles. The van der Waals surface area contributed by atoms with Gasteiger partial charge in [0.15, 0.2) is 11.5 Å². The lowest BCUT2D eigenvalue weighted by atomic mass is 10.0. The van der Waals surface area contributed by atoms with Gasteiger partial charge in [0.05, 0.1) is 13.3 Å². The van der Waals surface area contributed by atoms with E-state index in [1.54, 1.807) is 17.9 Å². The number of nitrogen functional groups attached to an aromatic ring is 1. The van der Waals surface area contributed by atoms with Crippen molar-refractivity contribution in [1.29, 1.82) is 0 Å². The molecule has 0 amide bonds. The molecule has 0 fully saturated rings. The molecule has 0 unspecified atom stereocenters. The van der Waals surface area contributed by atoms with Crippen molar-refractivity contribution in [3.63, 3.8) is 0 Å². The smallest absolute Gasteiger partial charge is 0.167 e. The molecule has 2 aromatic rings. The zero-order valence-electron chi connectivity index (χ0n) is 11.1. The minimum Gasteiger partial charge on any atom is -0.504 e. The van der Waals surface area contributed by atoms with Gasteiger partial charge in [0.2, 0.25) is 0 Å². The van der Waals surface area contributed by atoms with Crippen LogP contribution in [0.1, 0.15) is 12.5 Å². The SMILES string of the molecule is CCc1cc(OC)c(O)c(-c2cnn(C)c2N)c1Br. The van der Waals surface area contributed by atoms with E-state index in [1.807, 2.05) is 13.0 Å². The van der Waals surface area contributed by atoms with Crippen LogP contribution in [-0.4, -0.2) is 22.0 Å². The first-order valence-electron chi connectivity index (χ1n) is 5.87. The normalized spacial score (nSPS) is 10.7. The number of hydrogen-bond donors (Lipinski definition) is 2. The topological polar surface area (TPSA) is 73.3 Å². The van der Waals surface area contributed by atoms with E-state index in [2.05, 4.69) is 21.0 Å². The maximum absolute atomic E-state index is 10.3. The Hall–Kier alpha value is -1.69. The van der Waals surface area contributed by atoms with E-state index >= 15 is 0 Å². The number of rotatable bonds is 3. The van der Waals surface area contributed by atoms with Crippen molar-refractivity contribution in [2.24, 2.45) is 7.05 Å². The molecule has 3 N–H and O–H groups in total. The fourth-order valence-corrected chi connectivity index (χ4v) is 2.77. The molecule has 0 saturated carbocycles. The third-order valence-corrected chi connectivity index (χ3v) is 4.04. The van der Waals surface area contributed by atoms with E-state index in [9.17, 15) is 5.11 Å². The third-order valence-electron chi connectivity index (χ3n) is 3.13. The molecule has 6 heteroatoms. The van der Waals surface area contributed by atoms with Gasteiger partial charge in [-0.15, -0.1) is 0 Å². The number of phenolic OH excluding ortho intramolecular Hbond substituents is 1. The van der Waals surface area contributed by atoms with Crippen LogP contribution in [0.3, 0.4) is 0 Å². The Kier molecular flexibility index (Phi) is 3.71. The lowest BCUT2D eigenvalue weighted by molar-refractivity contribution is 0.374. The minimum absolute atomic E-state index is 0.0614. The third kappa shape index (κ3) is 2.16. The van der Waals surface area contributed by atoms with Crippen LogP contribution in [0.4, 0.5) is 5.82 Å². The summed E-state index contributed by atoms with van der Waals surface area (Å²) >= 11 is 3.53. The highest BCUT2D eigenvalue weighted by Crippen LogP contribution is 2.46. The number of hydrogen-bond acceptors (Lipinski definition) is 4. The number of benzene rings is 1. The second-order valence-corrected chi connectivity index (χ2v) is 4.99. The average Bonchev–Trinajstić information content (AvgIpc) is 2.72. The Morgan fingerprint density at radius 3 is 2.68 bits per heavy atom. The number of aromatic nitrogens is 2. The maximum atomic E-state index is 10.3. The number of anilines is 1. The number of aryl methyl sites for hydroxylation is 2. The lowest BCUT2D eigenvalue weighted by Crippen LogP contribution is -1.99. The molecular formula is C13H16BrN3O2. The Morgan fingerprint density at radius 2 is 2.21 bits per heavy atom. The number of phenols is 1. The first-order chi connectivity index (χ1) is 9.01. The fraction of sp³-hybridized carbons (Fsp3) is 0.308. The standard InChI is InChI=1S/C13H16BrN3O2/c1-4-7-5-9(19-3)12(18)10(11(7)14)8-6-16-17(2)13(8)15/h5-6,18H,4,15H2,1-3H3. The minimum atomic E-state index is 0.0614. The zero-order valence-corrected chi connectivity index (χ0v) is 12.7. The Labute approximate surface area is 120 Å². The Bertz CT molecular complexity index is 595. The van der Waals surface area contributed by atoms with E-state index < -0.39 is 0 Å². The molecule has 2 rings (SSSR count). The fourth-order valence-electron chi connectivity index (χ4n) is 1.98. The number of aromatic hydroxyl groups is 1. The molecule has 19 heavy (non-hydrogen) atoms. The molecule has 0 bridgehead atoms. The predicted octanol–water partition coefficient (Wildman–Crippen LogP) is 2.71. The van der Waals surface area contributed by atoms with Crippen LogP contribution in [0, 0.1) is 0 Å². The van der Waals surface area contributed by atoms with Gasteiger partial charge in [-0.05, 0) is 34.0 Å². The summed E-state index contributed by atoms with van der Waals surface area (Å²) in [7, 11) is 3.28. The number of methoxy groups -OCH3 is 1. The zero-order chi connectivity index (χ0) is 14.2. The largest absolute Gasteiger partial charge is 0.504 e. The van der Waals surface area contributed by atoms with Gasteiger partial charge in [-0.3, -0.25) is 4.68 Å². The van der Waals surface area contributed by atoms with Gasteiger partial charge in [-0.2, -0.15) is 5.10 Å². The van der Waals surface area contributed by atoms with E-state index in [0.29, 0.717) is 22.7 Å². The van der Waals surface area contributed by atoms with Crippen molar-refractivity contribution >= 4 is 21.7 Å². The molecule has 5 nitrogen and oxygen atoms in total. The molecule has 0 aliphatic heterocycles. The van der Waals surface area contributed by atoms with Crippen molar-refractivity contribution in [3.05, 3.63) is 22.3 Å². The summed E-state index contributed by atoms with van der Waals surface area (Å²) in [5.41, 5.74) is 8.31. The quantitative estimate of drug-likeness (QED) is 0.910. The molecule has 1 aromatic heterocycles. The van der Waals surface area contributed by atoms with Crippen molar-refractivity contribution in [3.8, 4) is 22.6 Å². The average molecular weight is 326 g/mol. The molecule has 102 valence electrons. The van der Waals surface area contributed by atoms with Crippen LogP contribution in [0.5, 0.6) is 11.5 Å². The molecule has 0 aliphatic rings. The summed E-state index contributed by atoms with van der Waals surface area (Å²) in [5, 5.41) is 14.4. The number of ether oxygens (including phenoxy) is 1. The summed E-state index contributed by atoms with van der Waals surface area (Å²) in [4.78, 5) is 0. The Morgan fingerprint density at radius 1 is 1.53 bits per heavy atom. The summed E-state index contributed by atoms with van der Waals surface area (Å²) in [6, 6.07) is 1.81. The predicted molar refractivity (Wildman–Crippen MR) is 78.4 cm³/mol. The number of nitrogens with zero attached hydrogens (tertiary/aromatic N) is 2. The highest BCUT2D eigenvalue weighted by atomic mass is 79.9. The van der Waals surface area contributed by atoms with Gasteiger partial charge < -0.3 is 15.6 Å². The van der Waals surface area contributed by atoms with E-state index in [4.69, 9.17) is 10.5 Å². The van der Waals surface area contributed by atoms with Gasteiger partial charge in [0.1, 0.15) is 5.82 Å². The van der Waals surface area contributed by atoms with Crippen LogP contribution in [0.2, 0.25) is 0 Å². The van der Waals surface area contributed by atoms with E-state index in [0.717, 1.165) is 16.5 Å². The summed E-state index contributed by atoms with van der Waals surface area (Å²) in [6.45, 7) is 2.03. The van der Waals surface area contributed by atoms with Crippen LogP contribution in [0.15, 0.2) is 16.7 Å². The van der Waals surface area contributed by atoms with Crippen LogP contribution < -0.4 is 10.5 Å². The lowest BCUT2D eigenvalue weighted by Gasteiger charge is -2.14. The van der Waals surface area contributed by atoms with Gasteiger partial charge in [0.25, 0.3) is 0 Å². The van der Waals surface area contributed by atoms with Crippen molar-refractivity contribution in [2.45, 2.75) is 13.3 Å². The first kappa shape index (κ1) is 13.7. The van der Waals surface area contributed by atoms with Crippen LogP contribution in [0.25, 0.3) is 11.1 Å². The summed E-state index contributed by atoms with van der Waals surface area (Å²) in [6.07, 6.45) is 2.44. The molecule has 0 atom stereocenters. The molecule has 1 aromatic carbocycles. The molecule has 0 aliphatic carbocycles. The van der Waals surface area contributed by atoms with Gasteiger partial charge in [-0.1, -0.05) is 6.92 Å². The Balaban J connectivity index is 2.78. The van der Waals surface area contributed by atoms with Crippen molar-refractivity contribution in [1.82, 2.24) is 9.78 Å². The first-order valence-corrected chi connectivity index (χ1v) is 6.66. The summed E-state index contributed by atoms with van der Waals surface area (Å²) < 4.78 is 7.59. The van der Waals surface area contributed by atoms with Crippen LogP contribution in [-0.2, 0) is 13.5 Å². The van der Waals surface area contributed by atoms with E-state index in [-0.39, 0.29) is 5.75 Å². The van der Waals surface area contributed by atoms with Crippen molar-refractivity contribution in [2.75, 3.05) is 12.8 Å². The second-order valence-electron chi connectivity index (χ2n) is 4.20. The highest BCUT2D eigenvalue weighted by molar-refractivity contribution is 9.10. The maximum Gasteiger partial charge on any atom is 0.167 e. The van der Waals surface area contributed by atoms with Gasteiger partial charge in [-0.25, -0.2) is 0 Å². The van der Waals surface area contributed by atoms with Crippen molar-refractivity contribution < 1.29 is 9.84 Å². The second kappa shape index (κ2) is 5.13. The molecule has 0 radical (unpaired) electrons.